The molecule has 4 rings (SSSR count). The molecule has 0 saturated carbocycles. The van der Waals surface area contributed by atoms with Gasteiger partial charge in [-0.3, -0.25) is 9.78 Å². The maximum absolute atomic E-state index is 13.1. The van der Waals surface area contributed by atoms with Crippen LogP contribution in [0.1, 0.15) is 28.9 Å². The van der Waals surface area contributed by atoms with Crippen molar-refractivity contribution < 1.29 is 9.53 Å². The molecule has 1 amide bonds. The van der Waals surface area contributed by atoms with Gasteiger partial charge in [0.1, 0.15) is 0 Å². The largest absolute Gasteiger partial charge is 0.370 e. The molecule has 0 bridgehead atoms. The number of amides is 1. The smallest absolute Gasteiger partial charge is 0.256 e. The maximum atomic E-state index is 13.1. The number of nitrogens with zero attached hydrogens (tertiary/aromatic N) is 3. The minimum Gasteiger partial charge on any atom is -0.370 e. The summed E-state index contributed by atoms with van der Waals surface area (Å²) < 4.78 is 8.03. The lowest BCUT2D eigenvalue weighted by molar-refractivity contribution is -0.00780. The van der Waals surface area contributed by atoms with Gasteiger partial charge in [0.15, 0.2) is 0 Å². The monoisotopic (exact) mass is 349 g/mol. The first-order chi connectivity index (χ1) is 12.7. The van der Waals surface area contributed by atoms with E-state index < -0.39 is 0 Å². The highest BCUT2D eigenvalue weighted by atomic mass is 16.5. The Morgan fingerprint density at radius 2 is 2.08 bits per heavy atom. The number of pyridine rings is 1. The van der Waals surface area contributed by atoms with E-state index in [1.807, 2.05) is 65.2 Å². The van der Waals surface area contributed by atoms with Gasteiger partial charge in [-0.25, -0.2) is 0 Å². The Balaban J connectivity index is 1.46. The molecule has 1 saturated heterocycles. The first-order valence-electron chi connectivity index (χ1n) is 9.07. The standard InChI is InChI=1S/C21H23N3O2/c1-23-14-19(18-9-2-3-10-20(18)23)21(25)24-12-6-8-17(13-24)26-15-16-7-4-5-11-22-16/h2-5,7,9-11,14,17H,6,8,12-13,15H2,1H3. The molecule has 2 aromatic heterocycles. The van der Waals surface area contributed by atoms with Crippen LogP contribution in [-0.2, 0) is 18.4 Å². The summed E-state index contributed by atoms with van der Waals surface area (Å²) in [6.45, 7) is 1.90. The van der Waals surface area contributed by atoms with E-state index in [0.29, 0.717) is 13.2 Å². The fourth-order valence-corrected chi connectivity index (χ4v) is 3.63. The molecule has 134 valence electrons. The number of hydrogen-bond acceptors (Lipinski definition) is 3. The minimum absolute atomic E-state index is 0.0599. The van der Waals surface area contributed by atoms with Gasteiger partial charge in [0.25, 0.3) is 5.91 Å². The van der Waals surface area contributed by atoms with Crippen LogP contribution >= 0.6 is 0 Å². The van der Waals surface area contributed by atoms with Crippen LogP contribution in [0.3, 0.4) is 0 Å². The third kappa shape index (κ3) is 3.35. The van der Waals surface area contributed by atoms with E-state index in [1.165, 1.54) is 0 Å². The molecule has 5 nitrogen and oxygen atoms in total. The van der Waals surface area contributed by atoms with Crippen LogP contribution in [0.4, 0.5) is 0 Å². The molecule has 1 aromatic carbocycles. The summed E-state index contributed by atoms with van der Waals surface area (Å²) in [4.78, 5) is 19.3. The lowest BCUT2D eigenvalue weighted by atomic mass is 10.1. The van der Waals surface area contributed by atoms with Gasteiger partial charge in [-0.1, -0.05) is 24.3 Å². The fourth-order valence-electron chi connectivity index (χ4n) is 3.63. The number of carbonyl (C=O) groups excluding carboxylic acids is 1. The SMILES string of the molecule is Cn1cc(C(=O)N2CCCC(OCc3ccccn3)C2)c2ccccc21. The van der Waals surface area contributed by atoms with E-state index in [9.17, 15) is 4.79 Å². The van der Waals surface area contributed by atoms with E-state index in [1.54, 1.807) is 6.20 Å². The highest BCUT2D eigenvalue weighted by molar-refractivity contribution is 6.07. The van der Waals surface area contributed by atoms with Gasteiger partial charge in [-0.15, -0.1) is 0 Å². The first kappa shape index (κ1) is 16.8. The van der Waals surface area contributed by atoms with Crippen molar-refractivity contribution >= 4 is 16.8 Å². The quantitative estimate of drug-likeness (QED) is 0.725. The summed E-state index contributed by atoms with van der Waals surface area (Å²) in [6.07, 6.45) is 5.71. The second-order valence-corrected chi connectivity index (χ2v) is 6.82. The summed E-state index contributed by atoms with van der Waals surface area (Å²) in [7, 11) is 1.98. The molecule has 3 heterocycles. The Labute approximate surface area is 153 Å². The van der Waals surface area contributed by atoms with Gasteiger partial charge in [0.2, 0.25) is 0 Å². The van der Waals surface area contributed by atoms with Crippen molar-refractivity contribution in [3.05, 3.63) is 66.1 Å². The lowest BCUT2D eigenvalue weighted by Crippen LogP contribution is -2.43. The summed E-state index contributed by atoms with van der Waals surface area (Å²) in [5.41, 5.74) is 2.77. The van der Waals surface area contributed by atoms with Crippen molar-refractivity contribution in [2.24, 2.45) is 7.05 Å². The summed E-state index contributed by atoms with van der Waals surface area (Å²) in [5.74, 6) is 0.0907. The Hall–Kier alpha value is -2.66. The molecule has 1 atom stereocenters. The third-order valence-electron chi connectivity index (χ3n) is 4.99. The van der Waals surface area contributed by atoms with E-state index in [0.717, 1.165) is 41.5 Å². The number of aromatic nitrogens is 2. The number of hydrogen-bond donors (Lipinski definition) is 0. The molecule has 26 heavy (non-hydrogen) atoms. The highest BCUT2D eigenvalue weighted by Crippen LogP contribution is 2.24. The number of fused-ring (bicyclic) bond motifs is 1. The van der Waals surface area contributed by atoms with Crippen molar-refractivity contribution in [3.63, 3.8) is 0 Å². The molecule has 1 aliphatic heterocycles. The number of aryl methyl sites for hydroxylation is 1. The van der Waals surface area contributed by atoms with Crippen LogP contribution in [0.25, 0.3) is 10.9 Å². The number of ether oxygens (including phenoxy) is 1. The molecule has 1 fully saturated rings. The van der Waals surface area contributed by atoms with E-state index in [-0.39, 0.29) is 12.0 Å². The maximum Gasteiger partial charge on any atom is 0.256 e. The van der Waals surface area contributed by atoms with Gasteiger partial charge < -0.3 is 14.2 Å². The molecule has 3 aromatic rings. The molecule has 1 unspecified atom stereocenters. The summed E-state index contributed by atoms with van der Waals surface area (Å²) >= 11 is 0. The Kier molecular flexibility index (Phi) is 4.71. The van der Waals surface area contributed by atoms with E-state index in [4.69, 9.17) is 4.74 Å². The average molecular weight is 349 g/mol. The van der Waals surface area contributed by atoms with Crippen LogP contribution in [0, 0.1) is 0 Å². The number of carbonyl (C=O) groups is 1. The van der Waals surface area contributed by atoms with Crippen LogP contribution in [0.5, 0.6) is 0 Å². The molecule has 5 heteroatoms. The molecular formula is C21H23N3O2. The molecular weight excluding hydrogens is 326 g/mol. The first-order valence-corrected chi connectivity index (χ1v) is 9.07. The van der Waals surface area contributed by atoms with Gasteiger partial charge in [0.05, 0.1) is 24.0 Å². The minimum atomic E-state index is 0.0599. The lowest BCUT2D eigenvalue weighted by Gasteiger charge is -2.32. The van der Waals surface area contributed by atoms with Gasteiger partial charge >= 0.3 is 0 Å². The zero-order valence-corrected chi connectivity index (χ0v) is 15.0. The van der Waals surface area contributed by atoms with E-state index >= 15 is 0 Å². The zero-order valence-electron chi connectivity index (χ0n) is 15.0. The van der Waals surface area contributed by atoms with Crippen LogP contribution < -0.4 is 0 Å². The predicted molar refractivity (Wildman–Crippen MR) is 101 cm³/mol. The van der Waals surface area contributed by atoms with E-state index in [2.05, 4.69) is 4.98 Å². The third-order valence-corrected chi connectivity index (χ3v) is 4.99. The molecule has 0 radical (unpaired) electrons. The summed E-state index contributed by atoms with van der Waals surface area (Å²) in [6, 6.07) is 13.9. The van der Waals surface area contributed by atoms with Crippen LogP contribution in [0.15, 0.2) is 54.9 Å². The van der Waals surface area contributed by atoms with Gasteiger partial charge in [-0.2, -0.15) is 0 Å². The molecule has 0 aliphatic carbocycles. The number of piperidine rings is 1. The topological polar surface area (TPSA) is 47.4 Å². The Morgan fingerprint density at radius 3 is 2.92 bits per heavy atom. The number of likely N-dealkylation sites (tertiary alicyclic amines) is 1. The van der Waals surface area contributed by atoms with Gasteiger partial charge in [0, 0.05) is 43.4 Å². The second-order valence-electron chi connectivity index (χ2n) is 6.82. The van der Waals surface area contributed by atoms with Crippen molar-refractivity contribution in [1.82, 2.24) is 14.5 Å². The van der Waals surface area contributed by atoms with Crippen molar-refractivity contribution in [2.45, 2.75) is 25.6 Å². The van der Waals surface area contributed by atoms with Crippen molar-refractivity contribution in [1.29, 1.82) is 0 Å². The number of benzene rings is 1. The van der Waals surface area contributed by atoms with Crippen LogP contribution in [0.2, 0.25) is 0 Å². The van der Waals surface area contributed by atoms with Crippen molar-refractivity contribution in [3.8, 4) is 0 Å². The fraction of sp³-hybridized carbons (Fsp3) is 0.333. The Bertz CT molecular complexity index is 904. The Morgan fingerprint density at radius 1 is 1.23 bits per heavy atom. The number of para-hydroxylation sites is 1. The normalized spacial score (nSPS) is 17.6. The van der Waals surface area contributed by atoms with Crippen LogP contribution in [-0.4, -0.2) is 39.6 Å². The predicted octanol–water partition coefficient (Wildman–Crippen LogP) is 3.39. The van der Waals surface area contributed by atoms with Gasteiger partial charge in [-0.05, 0) is 31.0 Å². The molecule has 1 aliphatic rings. The number of rotatable bonds is 4. The molecule has 0 N–H and O–H groups in total. The molecule has 0 spiro atoms. The summed E-state index contributed by atoms with van der Waals surface area (Å²) in [5, 5.41) is 1.01. The average Bonchev–Trinajstić information content (AvgIpc) is 3.04. The highest BCUT2D eigenvalue weighted by Gasteiger charge is 2.26. The van der Waals surface area contributed by atoms with Crippen molar-refractivity contribution in [2.75, 3.05) is 13.1 Å². The second kappa shape index (κ2) is 7.30. The zero-order chi connectivity index (χ0) is 17.9.